The van der Waals surface area contributed by atoms with Crippen LogP contribution >= 0.6 is 0 Å². The van der Waals surface area contributed by atoms with Gasteiger partial charge in [0.05, 0.1) is 18.0 Å². The molecule has 0 aromatic heterocycles. The van der Waals surface area contributed by atoms with Gasteiger partial charge in [-0.15, -0.1) is 0 Å². The van der Waals surface area contributed by atoms with E-state index in [0.29, 0.717) is 0 Å². The van der Waals surface area contributed by atoms with Crippen LogP contribution in [0, 0.1) is 11.3 Å². The zero-order chi connectivity index (χ0) is 11.4. The van der Waals surface area contributed by atoms with Crippen LogP contribution < -0.4 is 0 Å². The quantitative estimate of drug-likeness (QED) is 0.702. The van der Waals surface area contributed by atoms with E-state index in [0.717, 1.165) is 0 Å². The second kappa shape index (κ2) is 4.18. The Morgan fingerprint density at radius 1 is 1.36 bits per heavy atom. The van der Waals surface area contributed by atoms with Gasteiger partial charge in [0.15, 0.2) is 5.54 Å². The summed E-state index contributed by atoms with van der Waals surface area (Å²) in [5.41, 5.74) is -1.66. The van der Waals surface area contributed by atoms with Crippen molar-refractivity contribution in [1.29, 1.82) is 5.26 Å². The summed E-state index contributed by atoms with van der Waals surface area (Å²) in [6, 6.07) is 1.84. The van der Waals surface area contributed by atoms with E-state index in [1.54, 1.807) is 0 Å². The molecule has 5 nitrogen and oxygen atoms in total. The third-order valence-corrected chi connectivity index (χ3v) is 1.31. The average Bonchev–Trinajstić information content (AvgIpc) is 1.99. The normalized spacial score (nSPS) is 16.2. The number of rotatable bonds is 3. The predicted molar refractivity (Wildman–Crippen MR) is 50.9 cm³/mol. The molecule has 0 saturated carbocycles. The maximum atomic E-state index is 10.4. The van der Waals surface area contributed by atoms with Crippen LogP contribution in [0.25, 0.3) is 0 Å². The minimum absolute atomic E-state index is 0.330. The van der Waals surface area contributed by atoms with Gasteiger partial charge in [-0.2, -0.15) is 15.5 Å². The first-order chi connectivity index (χ1) is 6.18. The molecule has 0 rings (SSSR count). The molecule has 5 heteroatoms. The fourth-order valence-electron chi connectivity index (χ4n) is 0.652. The number of azo groups is 1. The number of carbonyl (C=O) groups is 1. The molecule has 0 aromatic rings. The predicted octanol–water partition coefficient (Wildman–Crippen LogP) is 1.99. The van der Waals surface area contributed by atoms with Gasteiger partial charge in [0, 0.05) is 0 Å². The van der Waals surface area contributed by atoms with E-state index in [4.69, 9.17) is 10.4 Å². The third kappa shape index (κ3) is 5.25. The summed E-state index contributed by atoms with van der Waals surface area (Å²) in [5.74, 6) is -1.05. The summed E-state index contributed by atoms with van der Waals surface area (Å²) in [7, 11) is 0. The molecule has 1 N–H and O–H groups in total. The molecule has 0 bridgehead atoms. The van der Waals surface area contributed by atoms with Crippen molar-refractivity contribution in [2.75, 3.05) is 0 Å². The van der Waals surface area contributed by atoms with Gasteiger partial charge in [0.1, 0.15) is 0 Å². The summed E-state index contributed by atoms with van der Waals surface area (Å²) in [6.07, 6.45) is -0.330. The minimum Gasteiger partial charge on any atom is -0.481 e. The Morgan fingerprint density at radius 3 is 2.14 bits per heavy atom. The number of hydrogen-bond acceptors (Lipinski definition) is 4. The van der Waals surface area contributed by atoms with Crippen LogP contribution in [0.4, 0.5) is 0 Å². The molecule has 0 aromatic carbocycles. The van der Waals surface area contributed by atoms with Crippen molar-refractivity contribution in [2.24, 2.45) is 10.2 Å². The van der Waals surface area contributed by atoms with Crippen molar-refractivity contribution in [3.8, 4) is 6.07 Å². The van der Waals surface area contributed by atoms with Crippen molar-refractivity contribution in [3.63, 3.8) is 0 Å². The lowest BCUT2D eigenvalue weighted by molar-refractivity contribution is -0.137. The maximum Gasteiger partial charge on any atom is 0.306 e. The van der Waals surface area contributed by atoms with Gasteiger partial charge in [-0.1, -0.05) is 0 Å². The van der Waals surface area contributed by atoms with Crippen LogP contribution in [0.1, 0.15) is 34.1 Å². The summed E-state index contributed by atoms with van der Waals surface area (Å²) < 4.78 is 0. The molecular formula is C9H15N3O2. The van der Waals surface area contributed by atoms with Gasteiger partial charge < -0.3 is 5.11 Å². The van der Waals surface area contributed by atoms with Crippen LogP contribution in [-0.4, -0.2) is 22.2 Å². The van der Waals surface area contributed by atoms with Crippen LogP contribution in [0.3, 0.4) is 0 Å². The van der Waals surface area contributed by atoms with Crippen molar-refractivity contribution in [2.45, 2.75) is 45.2 Å². The molecule has 0 saturated heterocycles. The Kier molecular flexibility index (Phi) is 3.75. The monoisotopic (exact) mass is 197 g/mol. The highest BCUT2D eigenvalue weighted by atomic mass is 16.4. The lowest BCUT2D eigenvalue weighted by Crippen LogP contribution is -2.24. The molecule has 1 unspecified atom stereocenters. The number of carboxylic acid groups (broad SMARTS) is 1. The molecule has 0 heterocycles. The Hall–Kier alpha value is -1.44. The first kappa shape index (κ1) is 12.6. The Balaban J connectivity index is 4.66. The van der Waals surface area contributed by atoms with Gasteiger partial charge in [-0.05, 0) is 27.7 Å². The van der Waals surface area contributed by atoms with Gasteiger partial charge in [-0.3, -0.25) is 4.79 Å². The van der Waals surface area contributed by atoms with Crippen molar-refractivity contribution < 1.29 is 9.90 Å². The van der Waals surface area contributed by atoms with Gasteiger partial charge in [0.25, 0.3) is 0 Å². The minimum atomic E-state index is -1.26. The summed E-state index contributed by atoms with van der Waals surface area (Å²) in [6.45, 7) is 6.94. The van der Waals surface area contributed by atoms with Gasteiger partial charge in [-0.25, -0.2) is 0 Å². The second-order valence-corrected chi connectivity index (χ2v) is 4.33. The number of nitriles is 1. The average molecular weight is 197 g/mol. The lowest BCUT2D eigenvalue weighted by atomic mass is 10.0. The zero-order valence-corrected chi connectivity index (χ0v) is 8.90. The van der Waals surface area contributed by atoms with E-state index in [2.05, 4.69) is 10.2 Å². The second-order valence-electron chi connectivity index (χ2n) is 4.33. The SMILES string of the molecule is CC(C)(C)N=NC(C)(C#N)CC(=O)O. The maximum absolute atomic E-state index is 10.4. The molecule has 0 aliphatic rings. The summed E-state index contributed by atoms with van der Waals surface area (Å²) in [5, 5.41) is 25.0. The largest absolute Gasteiger partial charge is 0.481 e. The van der Waals surface area contributed by atoms with E-state index in [-0.39, 0.29) is 6.42 Å². The number of nitrogens with zero attached hydrogens (tertiary/aromatic N) is 3. The smallest absolute Gasteiger partial charge is 0.306 e. The molecule has 0 radical (unpaired) electrons. The van der Waals surface area contributed by atoms with E-state index < -0.39 is 17.0 Å². The van der Waals surface area contributed by atoms with Crippen molar-refractivity contribution in [1.82, 2.24) is 0 Å². The number of carboxylic acids is 1. The molecular weight excluding hydrogens is 182 g/mol. The van der Waals surface area contributed by atoms with Gasteiger partial charge >= 0.3 is 5.97 Å². The molecule has 1 atom stereocenters. The summed E-state index contributed by atoms with van der Waals surface area (Å²) in [4.78, 5) is 10.4. The lowest BCUT2D eigenvalue weighted by Gasteiger charge is -2.16. The van der Waals surface area contributed by atoms with E-state index in [1.807, 2.05) is 26.8 Å². The topological polar surface area (TPSA) is 85.8 Å². The molecule has 0 aliphatic heterocycles. The third-order valence-electron chi connectivity index (χ3n) is 1.31. The molecule has 14 heavy (non-hydrogen) atoms. The van der Waals surface area contributed by atoms with Gasteiger partial charge in [0.2, 0.25) is 0 Å². The highest BCUT2D eigenvalue weighted by Crippen LogP contribution is 2.18. The first-order valence-corrected chi connectivity index (χ1v) is 4.26. The van der Waals surface area contributed by atoms with Crippen molar-refractivity contribution >= 4 is 5.97 Å². The summed E-state index contributed by atoms with van der Waals surface area (Å²) >= 11 is 0. The Bertz CT molecular complexity index is 285. The number of hydrogen-bond donors (Lipinski definition) is 1. The Morgan fingerprint density at radius 2 is 1.86 bits per heavy atom. The van der Waals surface area contributed by atoms with Crippen LogP contribution in [0.15, 0.2) is 10.2 Å². The highest BCUT2D eigenvalue weighted by molar-refractivity contribution is 5.69. The fourth-order valence-corrected chi connectivity index (χ4v) is 0.652. The standard InChI is InChI=1S/C9H15N3O2/c1-8(2,3)11-12-9(4,6-10)5-7(13)14/h5H2,1-4H3,(H,13,14). The molecule has 0 spiro atoms. The number of aliphatic carboxylic acids is 1. The van der Waals surface area contributed by atoms with E-state index in [1.165, 1.54) is 6.92 Å². The van der Waals surface area contributed by atoms with Crippen LogP contribution in [-0.2, 0) is 4.79 Å². The van der Waals surface area contributed by atoms with Crippen molar-refractivity contribution in [3.05, 3.63) is 0 Å². The van der Waals surface area contributed by atoms with Crippen LogP contribution in [0.2, 0.25) is 0 Å². The van der Waals surface area contributed by atoms with Crippen LogP contribution in [0.5, 0.6) is 0 Å². The fraction of sp³-hybridized carbons (Fsp3) is 0.778. The highest BCUT2D eigenvalue weighted by Gasteiger charge is 2.27. The molecule has 0 amide bonds. The first-order valence-electron chi connectivity index (χ1n) is 4.26. The van der Waals surface area contributed by atoms with E-state index >= 15 is 0 Å². The zero-order valence-electron chi connectivity index (χ0n) is 8.90. The molecule has 0 aliphatic carbocycles. The Labute approximate surface area is 83.5 Å². The van der Waals surface area contributed by atoms with E-state index in [9.17, 15) is 4.79 Å². The molecule has 0 fully saturated rings. The molecule has 78 valence electrons.